The van der Waals surface area contributed by atoms with Gasteiger partial charge in [-0.25, -0.2) is 0 Å². The van der Waals surface area contributed by atoms with Gasteiger partial charge in [0, 0.05) is 25.7 Å². The van der Waals surface area contributed by atoms with Crippen LogP contribution in [0.5, 0.6) is 0 Å². The van der Waals surface area contributed by atoms with Gasteiger partial charge in [0.25, 0.3) is 0 Å². The highest BCUT2D eigenvalue weighted by Crippen LogP contribution is 2.35. The van der Waals surface area contributed by atoms with Crippen LogP contribution in [0.15, 0.2) is 24.3 Å². The van der Waals surface area contributed by atoms with Crippen LogP contribution in [0, 0.1) is 5.92 Å². The van der Waals surface area contributed by atoms with Gasteiger partial charge in [0.15, 0.2) is 0 Å². The van der Waals surface area contributed by atoms with E-state index in [9.17, 15) is 14.7 Å². The molecule has 112 valence electrons. The first-order valence-corrected chi connectivity index (χ1v) is 7.38. The van der Waals surface area contributed by atoms with E-state index in [0.29, 0.717) is 18.2 Å². The lowest BCUT2D eigenvalue weighted by atomic mass is 9.89. The van der Waals surface area contributed by atoms with Crippen molar-refractivity contribution in [2.75, 3.05) is 18.9 Å². The second-order valence-corrected chi connectivity index (χ2v) is 6.02. The number of para-hydroxylation sites is 1. The molecule has 2 aliphatic rings. The van der Waals surface area contributed by atoms with Gasteiger partial charge >= 0.3 is 0 Å². The van der Waals surface area contributed by atoms with Crippen LogP contribution < -0.4 is 5.32 Å². The number of aliphatic hydroxyl groups excluding tert-OH is 1. The molecule has 2 amide bonds. The minimum atomic E-state index is -0.452. The predicted molar refractivity (Wildman–Crippen MR) is 78.8 cm³/mol. The summed E-state index contributed by atoms with van der Waals surface area (Å²) in [6, 6.07) is 7.40. The average Bonchev–Trinajstić information content (AvgIpc) is 3.30. The first-order chi connectivity index (χ1) is 10.1. The van der Waals surface area contributed by atoms with Crippen molar-refractivity contribution in [3.05, 3.63) is 29.8 Å². The molecule has 0 aromatic heterocycles. The first-order valence-electron chi connectivity index (χ1n) is 7.38. The fraction of sp³-hybridized carbons (Fsp3) is 0.500. The van der Waals surface area contributed by atoms with Crippen molar-refractivity contribution in [1.82, 2.24) is 4.90 Å². The van der Waals surface area contributed by atoms with Crippen molar-refractivity contribution in [1.29, 1.82) is 0 Å². The zero-order chi connectivity index (χ0) is 15.0. The molecule has 1 aromatic carbocycles. The van der Waals surface area contributed by atoms with E-state index in [2.05, 4.69) is 5.32 Å². The molecule has 5 heteroatoms. The molecule has 0 bridgehead atoms. The smallest absolute Gasteiger partial charge is 0.230 e. The molecule has 21 heavy (non-hydrogen) atoms. The molecule has 1 saturated carbocycles. The van der Waals surface area contributed by atoms with E-state index in [-0.39, 0.29) is 18.2 Å². The van der Waals surface area contributed by atoms with Crippen molar-refractivity contribution in [2.24, 2.45) is 5.92 Å². The Hall–Kier alpha value is -1.88. The van der Waals surface area contributed by atoms with E-state index in [1.807, 2.05) is 24.3 Å². The van der Waals surface area contributed by atoms with Gasteiger partial charge in [-0.15, -0.1) is 0 Å². The molecule has 1 fully saturated rings. The number of nitrogens with zero attached hydrogens (tertiary/aromatic N) is 1. The molecule has 1 aliphatic heterocycles. The monoisotopic (exact) mass is 288 g/mol. The lowest BCUT2D eigenvalue weighted by molar-refractivity contribution is -0.135. The standard InChI is InChI=1S/C16H20N2O3/c1-18(9-14(19)10-6-7-10)16(21)12-8-15(20)17-13-5-3-2-4-11(12)13/h2-5,10,12,14,19H,6-9H2,1H3,(H,17,20). The van der Waals surface area contributed by atoms with Crippen LogP contribution in [-0.4, -0.2) is 41.5 Å². The number of hydrogen-bond acceptors (Lipinski definition) is 3. The minimum Gasteiger partial charge on any atom is -0.391 e. The van der Waals surface area contributed by atoms with Gasteiger partial charge in [-0.05, 0) is 30.4 Å². The number of likely N-dealkylation sites (N-methyl/N-ethyl adjacent to an activating group) is 1. The van der Waals surface area contributed by atoms with Gasteiger partial charge in [0.2, 0.25) is 11.8 Å². The third-order valence-corrected chi connectivity index (χ3v) is 4.30. The predicted octanol–water partition coefficient (Wildman–Crippen LogP) is 1.34. The molecule has 0 saturated heterocycles. The van der Waals surface area contributed by atoms with Crippen LogP contribution in [0.25, 0.3) is 0 Å². The second-order valence-electron chi connectivity index (χ2n) is 6.02. The number of anilines is 1. The Morgan fingerprint density at radius 2 is 2.14 bits per heavy atom. The zero-order valence-corrected chi connectivity index (χ0v) is 12.1. The number of benzene rings is 1. The van der Waals surface area contributed by atoms with E-state index in [4.69, 9.17) is 0 Å². The van der Waals surface area contributed by atoms with Gasteiger partial charge in [0.05, 0.1) is 12.0 Å². The normalized spacial score (nSPS) is 22.2. The molecule has 1 heterocycles. The van der Waals surface area contributed by atoms with Gasteiger partial charge in [-0.1, -0.05) is 18.2 Å². The van der Waals surface area contributed by atoms with Crippen LogP contribution in [0.2, 0.25) is 0 Å². The molecular formula is C16H20N2O3. The van der Waals surface area contributed by atoms with Crippen molar-refractivity contribution >= 4 is 17.5 Å². The first kappa shape index (κ1) is 14.1. The van der Waals surface area contributed by atoms with Gasteiger partial charge in [-0.3, -0.25) is 9.59 Å². The van der Waals surface area contributed by atoms with E-state index in [1.165, 1.54) is 0 Å². The van der Waals surface area contributed by atoms with Crippen LogP contribution >= 0.6 is 0 Å². The van der Waals surface area contributed by atoms with Crippen molar-refractivity contribution in [3.8, 4) is 0 Å². The average molecular weight is 288 g/mol. The summed E-state index contributed by atoms with van der Waals surface area (Å²) in [5.74, 6) is -0.353. The number of fused-ring (bicyclic) bond motifs is 1. The Kier molecular flexibility index (Phi) is 3.68. The van der Waals surface area contributed by atoms with Crippen molar-refractivity contribution in [3.63, 3.8) is 0 Å². The maximum absolute atomic E-state index is 12.6. The molecule has 2 unspecified atom stereocenters. The molecule has 2 N–H and O–H groups in total. The Labute approximate surface area is 123 Å². The van der Waals surface area contributed by atoms with Crippen LogP contribution in [0.4, 0.5) is 5.69 Å². The summed E-state index contributed by atoms with van der Waals surface area (Å²) in [7, 11) is 1.70. The van der Waals surface area contributed by atoms with Gasteiger partial charge < -0.3 is 15.3 Å². The number of aliphatic hydroxyl groups is 1. The van der Waals surface area contributed by atoms with Gasteiger partial charge in [-0.2, -0.15) is 0 Å². The molecule has 5 nitrogen and oxygen atoms in total. The number of hydrogen-bond donors (Lipinski definition) is 2. The molecule has 2 atom stereocenters. The Bertz CT molecular complexity index is 568. The fourth-order valence-corrected chi connectivity index (χ4v) is 2.90. The minimum absolute atomic E-state index is 0.100. The van der Waals surface area contributed by atoms with Crippen molar-refractivity contribution in [2.45, 2.75) is 31.3 Å². The number of amides is 2. The lowest BCUT2D eigenvalue weighted by Crippen LogP contribution is -2.40. The highest BCUT2D eigenvalue weighted by molar-refractivity contribution is 6.01. The third kappa shape index (κ3) is 2.93. The molecule has 3 rings (SSSR count). The summed E-state index contributed by atoms with van der Waals surface area (Å²) in [6.07, 6.45) is 1.79. The summed E-state index contributed by atoms with van der Waals surface area (Å²) >= 11 is 0. The molecular weight excluding hydrogens is 268 g/mol. The summed E-state index contributed by atoms with van der Waals surface area (Å²) < 4.78 is 0. The fourth-order valence-electron chi connectivity index (χ4n) is 2.90. The maximum Gasteiger partial charge on any atom is 0.230 e. The van der Waals surface area contributed by atoms with E-state index in [0.717, 1.165) is 18.4 Å². The van der Waals surface area contributed by atoms with Crippen LogP contribution in [0.3, 0.4) is 0 Å². The number of rotatable bonds is 4. The highest BCUT2D eigenvalue weighted by Gasteiger charge is 2.35. The third-order valence-electron chi connectivity index (χ3n) is 4.30. The van der Waals surface area contributed by atoms with Gasteiger partial charge in [0.1, 0.15) is 0 Å². The topological polar surface area (TPSA) is 69.6 Å². The summed E-state index contributed by atoms with van der Waals surface area (Å²) in [4.78, 5) is 26.0. The Morgan fingerprint density at radius 3 is 2.86 bits per heavy atom. The summed E-state index contributed by atoms with van der Waals surface area (Å²) in [6.45, 7) is 0.337. The van der Waals surface area contributed by atoms with E-state index < -0.39 is 12.0 Å². The molecule has 1 aromatic rings. The van der Waals surface area contributed by atoms with Crippen molar-refractivity contribution < 1.29 is 14.7 Å². The molecule has 0 spiro atoms. The molecule has 1 aliphatic carbocycles. The number of carbonyl (C=O) groups is 2. The van der Waals surface area contributed by atoms with Crippen LogP contribution in [0.1, 0.15) is 30.7 Å². The highest BCUT2D eigenvalue weighted by atomic mass is 16.3. The Balaban J connectivity index is 1.75. The molecule has 0 radical (unpaired) electrons. The Morgan fingerprint density at radius 1 is 1.43 bits per heavy atom. The van der Waals surface area contributed by atoms with E-state index >= 15 is 0 Å². The lowest BCUT2D eigenvalue weighted by Gasteiger charge is -2.29. The summed E-state index contributed by atoms with van der Waals surface area (Å²) in [5.41, 5.74) is 1.57. The summed E-state index contributed by atoms with van der Waals surface area (Å²) in [5, 5.41) is 12.8. The SMILES string of the molecule is CN(CC(O)C1CC1)C(=O)C1CC(=O)Nc2ccccc21. The quantitative estimate of drug-likeness (QED) is 0.878. The number of carbonyl (C=O) groups excluding carboxylic acids is 2. The zero-order valence-electron chi connectivity index (χ0n) is 12.1. The largest absolute Gasteiger partial charge is 0.391 e. The second kappa shape index (κ2) is 5.48. The van der Waals surface area contributed by atoms with Crippen LogP contribution in [-0.2, 0) is 9.59 Å². The maximum atomic E-state index is 12.6. The number of nitrogens with one attached hydrogen (secondary N) is 1. The van der Waals surface area contributed by atoms with E-state index in [1.54, 1.807) is 11.9 Å².